The van der Waals surface area contributed by atoms with Gasteiger partial charge in [0.05, 0.1) is 29.4 Å². The van der Waals surface area contributed by atoms with E-state index in [2.05, 4.69) is 20.9 Å². The smallest absolute Gasteiger partial charge is 0.258 e. The van der Waals surface area contributed by atoms with Gasteiger partial charge >= 0.3 is 0 Å². The van der Waals surface area contributed by atoms with E-state index in [4.69, 9.17) is 9.47 Å². The number of epoxide rings is 1. The number of nitrogens with zero attached hydrogens (tertiary/aromatic N) is 1. The average molecular weight is 715 g/mol. The Kier molecular flexibility index (Phi) is 11.8. The lowest BCUT2D eigenvalue weighted by Gasteiger charge is -2.33. The van der Waals surface area contributed by atoms with Crippen LogP contribution in [0.1, 0.15) is 51.3 Å². The van der Waals surface area contributed by atoms with Crippen molar-refractivity contribution in [1.82, 2.24) is 20.9 Å². The lowest BCUT2D eigenvalue weighted by molar-refractivity contribution is -0.131. The van der Waals surface area contributed by atoms with E-state index in [1.807, 2.05) is 80.6 Å². The molecule has 12 heteroatoms. The van der Waals surface area contributed by atoms with Crippen LogP contribution in [0.3, 0.4) is 0 Å². The van der Waals surface area contributed by atoms with Crippen molar-refractivity contribution in [2.75, 3.05) is 12.9 Å². The van der Waals surface area contributed by atoms with Gasteiger partial charge in [0.1, 0.15) is 17.9 Å². The van der Waals surface area contributed by atoms with Crippen LogP contribution in [0, 0.1) is 5.92 Å². The Balaban J connectivity index is 1.30. The van der Waals surface area contributed by atoms with Crippen LogP contribution in [-0.4, -0.2) is 73.0 Å². The predicted octanol–water partition coefficient (Wildman–Crippen LogP) is 4.32. The van der Waals surface area contributed by atoms with Gasteiger partial charge in [0.2, 0.25) is 11.8 Å². The molecule has 3 amide bonds. The predicted molar refractivity (Wildman–Crippen MR) is 196 cm³/mol. The molecule has 2 heterocycles. The molecule has 1 aliphatic rings. The monoisotopic (exact) mass is 714 g/mol. The van der Waals surface area contributed by atoms with Crippen LogP contribution >= 0.6 is 0 Å². The molecular weight excluding hydrogens is 669 g/mol. The Morgan fingerprint density at radius 1 is 0.882 bits per heavy atom. The van der Waals surface area contributed by atoms with Gasteiger partial charge in [0.25, 0.3) is 5.91 Å². The normalized spacial score (nSPS) is 17.6. The molecule has 3 aromatic carbocycles. The van der Waals surface area contributed by atoms with Crippen molar-refractivity contribution in [3.8, 4) is 5.75 Å². The van der Waals surface area contributed by atoms with E-state index in [1.165, 1.54) is 13.8 Å². The molecule has 0 radical (unpaired) electrons. The molecule has 0 spiro atoms. The van der Waals surface area contributed by atoms with Gasteiger partial charge in [0.15, 0.2) is 16.4 Å². The summed E-state index contributed by atoms with van der Waals surface area (Å²) >= 11 is 0. The second-order valence-corrected chi connectivity index (χ2v) is 16.5. The van der Waals surface area contributed by atoms with Crippen LogP contribution in [0.4, 0.5) is 0 Å². The minimum absolute atomic E-state index is 0.0818. The Bertz CT molecular complexity index is 1930. The third-order valence-electron chi connectivity index (χ3n) is 9.39. The number of pyridine rings is 1. The molecule has 0 saturated carbocycles. The second-order valence-electron chi connectivity index (χ2n) is 13.9. The number of rotatable bonds is 16. The molecule has 1 fully saturated rings. The molecule has 3 N–H and O–H groups in total. The first kappa shape index (κ1) is 37.4. The van der Waals surface area contributed by atoms with Gasteiger partial charge in [0, 0.05) is 29.4 Å². The molecule has 51 heavy (non-hydrogen) atoms. The zero-order chi connectivity index (χ0) is 36.8. The van der Waals surface area contributed by atoms with Crippen LogP contribution in [-0.2, 0) is 35.4 Å². The molecule has 1 aliphatic heterocycles. The zero-order valence-corrected chi connectivity index (χ0v) is 30.4. The van der Waals surface area contributed by atoms with E-state index in [1.54, 1.807) is 30.6 Å². The summed E-state index contributed by atoms with van der Waals surface area (Å²) in [6.07, 6.45) is 3.77. The molecule has 270 valence electrons. The molecular formula is C39H46N4O7S. The van der Waals surface area contributed by atoms with Gasteiger partial charge in [-0.1, -0.05) is 86.6 Å². The Morgan fingerprint density at radius 3 is 2.24 bits per heavy atom. The average Bonchev–Trinajstić information content (AvgIpc) is 3.87. The highest BCUT2D eigenvalue weighted by Crippen LogP contribution is 2.32. The van der Waals surface area contributed by atoms with E-state index in [0.29, 0.717) is 12.2 Å². The first-order valence-electron chi connectivity index (χ1n) is 17.0. The van der Waals surface area contributed by atoms with E-state index in [0.717, 1.165) is 28.2 Å². The number of nitrogens with one attached hydrogen (secondary N) is 3. The molecule has 5 rings (SSSR count). The van der Waals surface area contributed by atoms with Gasteiger partial charge in [-0.2, -0.15) is 0 Å². The number of ether oxygens (including phenoxy) is 2. The third-order valence-corrected chi connectivity index (χ3v) is 11.5. The summed E-state index contributed by atoms with van der Waals surface area (Å²) in [4.78, 5) is 44.7. The number of benzene rings is 3. The summed E-state index contributed by atoms with van der Waals surface area (Å²) in [5, 5.41) is 10.3. The number of hydrogen-bond donors (Lipinski definition) is 3. The van der Waals surface area contributed by atoms with Gasteiger partial charge in [-0.25, -0.2) is 8.42 Å². The van der Waals surface area contributed by atoms with Crippen molar-refractivity contribution in [2.24, 2.45) is 5.92 Å². The van der Waals surface area contributed by atoms with Gasteiger partial charge in [-0.3, -0.25) is 19.4 Å². The Morgan fingerprint density at radius 2 is 1.57 bits per heavy atom. The number of aromatic nitrogens is 1. The highest BCUT2D eigenvalue weighted by molar-refractivity contribution is 7.92. The minimum Gasteiger partial charge on any atom is -0.483 e. The maximum Gasteiger partial charge on any atom is 0.258 e. The van der Waals surface area contributed by atoms with Crippen LogP contribution < -0.4 is 20.7 Å². The fourth-order valence-electron chi connectivity index (χ4n) is 6.10. The van der Waals surface area contributed by atoms with Crippen LogP contribution in [0.25, 0.3) is 10.8 Å². The highest BCUT2D eigenvalue weighted by atomic mass is 32.2. The molecule has 1 saturated heterocycles. The van der Waals surface area contributed by atoms with Gasteiger partial charge < -0.3 is 25.4 Å². The van der Waals surface area contributed by atoms with Crippen molar-refractivity contribution in [3.05, 3.63) is 108 Å². The fourth-order valence-corrected chi connectivity index (χ4v) is 6.70. The third kappa shape index (κ3) is 9.50. The standard InChI is InChI=1S/C39H46N4O7S/c1-25(2)35(27-15-10-7-11-16-27)42-33(44)22-32-36(50-32)30(21-26-13-8-6-9-14-26)41-38(46)37(39(3,4)51(5,47)48)43-34(45)24-49-31-18-12-17-28-23-40-20-19-29(28)31/h6-20,23,25,30,32,35-37H,21-22,24H2,1-5H3,(H,41,46)(H,42,44)(H,43,45)/t30-,32-,35+,36+,37+/m0/s1. The lowest BCUT2D eigenvalue weighted by Crippen LogP contribution is -2.62. The molecule has 4 aromatic rings. The number of carbonyl (C=O) groups excluding carboxylic acids is 3. The van der Waals surface area contributed by atoms with E-state index in [-0.39, 0.29) is 24.3 Å². The van der Waals surface area contributed by atoms with E-state index >= 15 is 0 Å². The largest absolute Gasteiger partial charge is 0.483 e. The minimum atomic E-state index is -3.86. The summed E-state index contributed by atoms with van der Waals surface area (Å²) in [7, 11) is -3.86. The van der Waals surface area contributed by atoms with Crippen molar-refractivity contribution in [1.29, 1.82) is 0 Å². The summed E-state index contributed by atoms with van der Waals surface area (Å²) in [5.41, 5.74) is 1.91. The number of amides is 3. The Hall–Kier alpha value is -4.81. The Labute approximate surface area is 299 Å². The SMILES string of the molecule is CC(C)[C@@H](NC(=O)C[C@@H]1O[C@@H]1[C@H](Cc1ccccc1)NC(=O)[C@@H](NC(=O)COc1cccc2cnccc12)C(C)(C)S(C)(=O)=O)c1ccccc1. The molecule has 0 aliphatic carbocycles. The van der Waals surface area contributed by atoms with Gasteiger partial charge in [-0.15, -0.1) is 0 Å². The molecule has 11 nitrogen and oxygen atoms in total. The number of hydrogen-bond acceptors (Lipinski definition) is 8. The van der Waals surface area contributed by atoms with Crippen LogP contribution in [0.15, 0.2) is 97.3 Å². The zero-order valence-electron chi connectivity index (χ0n) is 29.5. The van der Waals surface area contributed by atoms with E-state index in [9.17, 15) is 22.8 Å². The topological polar surface area (TPSA) is 156 Å². The molecule has 0 bridgehead atoms. The quantitative estimate of drug-likeness (QED) is 0.145. The van der Waals surface area contributed by atoms with Crippen molar-refractivity contribution in [3.63, 3.8) is 0 Å². The summed E-state index contributed by atoms with van der Waals surface area (Å²) in [5.74, 6) is -0.953. The molecule has 5 atom stereocenters. The van der Waals surface area contributed by atoms with E-state index < -0.39 is 57.3 Å². The highest BCUT2D eigenvalue weighted by Gasteiger charge is 2.49. The fraction of sp³-hybridized carbons (Fsp3) is 0.385. The maximum absolute atomic E-state index is 14.1. The number of sulfone groups is 1. The summed E-state index contributed by atoms with van der Waals surface area (Å²) < 4.78 is 36.1. The number of fused-ring (bicyclic) bond motifs is 1. The summed E-state index contributed by atoms with van der Waals surface area (Å²) in [6.45, 7) is 6.43. The van der Waals surface area contributed by atoms with Crippen molar-refractivity contribution < 1.29 is 32.3 Å². The number of carbonyl (C=O) groups is 3. The van der Waals surface area contributed by atoms with Crippen molar-refractivity contribution in [2.45, 2.75) is 75.6 Å². The maximum atomic E-state index is 14.1. The molecule has 0 unspecified atom stereocenters. The second kappa shape index (κ2) is 16.0. The first-order chi connectivity index (χ1) is 24.2. The molecule has 1 aromatic heterocycles. The van der Waals surface area contributed by atoms with Crippen molar-refractivity contribution >= 4 is 38.3 Å². The lowest BCUT2D eigenvalue weighted by atomic mass is 9.95. The van der Waals surface area contributed by atoms with Gasteiger partial charge in [-0.05, 0) is 49.4 Å². The first-order valence-corrected chi connectivity index (χ1v) is 18.9. The van der Waals surface area contributed by atoms with Crippen LogP contribution in [0.5, 0.6) is 5.75 Å². The van der Waals surface area contributed by atoms with Crippen LogP contribution in [0.2, 0.25) is 0 Å². The summed E-state index contributed by atoms with van der Waals surface area (Å²) in [6, 6.07) is 24.1.